The van der Waals surface area contributed by atoms with Crippen molar-refractivity contribution in [1.29, 1.82) is 0 Å². The third-order valence-electron chi connectivity index (χ3n) is 9.19. The van der Waals surface area contributed by atoms with E-state index in [1.54, 1.807) is 0 Å². The minimum atomic E-state index is -0.0573. The molecule has 4 rings (SSSR count). The molecule has 0 aromatic carbocycles. The van der Waals surface area contributed by atoms with Crippen LogP contribution in [0.25, 0.3) is 0 Å². The van der Waals surface area contributed by atoms with Crippen LogP contribution in [0.4, 0.5) is 0 Å². The summed E-state index contributed by atoms with van der Waals surface area (Å²) in [5, 5.41) is 10.3. The number of aliphatic hydroxyl groups is 1. The van der Waals surface area contributed by atoms with Crippen LogP contribution >= 0.6 is 0 Å². The highest BCUT2D eigenvalue weighted by molar-refractivity contribution is 5.10. The van der Waals surface area contributed by atoms with Crippen molar-refractivity contribution in [2.75, 3.05) is 27.2 Å². The molecule has 26 heavy (non-hydrogen) atoms. The number of ether oxygens (including phenoxy) is 1. The van der Waals surface area contributed by atoms with Gasteiger partial charge in [0.05, 0.1) is 18.8 Å². The Kier molecular flexibility index (Phi) is 5.20. The van der Waals surface area contributed by atoms with Gasteiger partial charge in [-0.15, -0.1) is 0 Å². The minimum Gasteiger partial charge on any atom is -0.393 e. The second-order valence-electron chi connectivity index (χ2n) is 11.0. The van der Waals surface area contributed by atoms with Gasteiger partial charge in [0.1, 0.15) is 0 Å². The summed E-state index contributed by atoms with van der Waals surface area (Å²) < 4.78 is 6.67. The average Bonchev–Trinajstić information content (AvgIpc) is 2.96. The Labute approximate surface area is 160 Å². The van der Waals surface area contributed by atoms with Gasteiger partial charge in [-0.25, -0.2) is 0 Å². The molecule has 3 nitrogen and oxygen atoms in total. The molecular weight excluding hydrogens is 322 g/mol. The summed E-state index contributed by atoms with van der Waals surface area (Å²) in [5.74, 6) is 3.20. The molecule has 0 saturated heterocycles. The van der Waals surface area contributed by atoms with Gasteiger partial charge >= 0.3 is 0 Å². The van der Waals surface area contributed by atoms with E-state index in [1.165, 1.54) is 44.9 Å². The number of fused-ring (bicyclic) bond motifs is 5. The Morgan fingerprint density at radius 2 is 1.88 bits per heavy atom. The fraction of sp³-hybridized carbons (Fsp3) is 1.00. The van der Waals surface area contributed by atoms with Gasteiger partial charge in [0.15, 0.2) is 0 Å². The van der Waals surface area contributed by atoms with Crippen LogP contribution in [0, 0.1) is 34.5 Å². The molecule has 1 N–H and O–H groups in total. The van der Waals surface area contributed by atoms with Crippen LogP contribution in [0.1, 0.15) is 71.6 Å². The van der Waals surface area contributed by atoms with E-state index in [0.29, 0.717) is 28.8 Å². The summed E-state index contributed by atoms with van der Waals surface area (Å²) in [6.07, 6.45) is 11.9. The molecular formula is C23H41NO2. The summed E-state index contributed by atoms with van der Waals surface area (Å²) in [4.78, 5) is 2.24. The number of rotatable bonds is 4. The van der Waals surface area contributed by atoms with Crippen molar-refractivity contribution in [2.24, 2.45) is 34.5 Å². The molecule has 3 heteroatoms. The van der Waals surface area contributed by atoms with Gasteiger partial charge < -0.3 is 14.7 Å². The van der Waals surface area contributed by atoms with Crippen molar-refractivity contribution in [3.8, 4) is 0 Å². The predicted octanol–water partition coefficient (Wildman–Crippen LogP) is 4.34. The fourth-order valence-corrected chi connectivity index (χ4v) is 7.88. The maximum Gasteiger partial charge on any atom is 0.0617 e. The zero-order valence-electron chi connectivity index (χ0n) is 17.5. The molecule has 150 valence electrons. The second-order valence-corrected chi connectivity index (χ2v) is 11.0. The van der Waals surface area contributed by atoms with Crippen LogP contribution in [0.15, 0.2) is 0 Å². The standard InChI is InChI=1S/C23H41NO2/c1-22-10-5-6-19(22)18-8-7-16-14-17(25)9-11-23(16,2)21(18)20(15-22)26-13-12-24(3)4/h16-21,25H,5-15H2,1-4H3/t16?,17?,18-,19-,20?,21-,22-,23-/m0/s1. The van der Waals surface area contributed by atoms with Crippen LogP contribution in [0.3, 0.4) is 0 Å². The Morgan fingerprint density at radius 1 is 1.08 bits per heavy atom. The number of hydrogen-bond donors (Lipinski definition) is 1. The second kappa shape index (κ2) is 7.04. The third kappa shape index (κ3) is 3.16. The molecule has 0 amide bonds. The van der Waals surface area contributed by atoms with E-state index in [-0.39, 0.29) is 6.10 Å². The van der Waals surface area contributed by atoms with Gasteiger partial charge in [0.2, 0.25) is 0 Å². The van der Waals surface area contributed by atoms with E-state index in [9.17, 15) is 5.11 Å². The Balaban J connectivity index is 1.61. The highest BCUT2D eigenvalue weighted by Gasteiger charge is 2.61. The molecule has 8 atom stereocenters. The van der Waals surface area contributed by atoms with E-state index >= 15 is 0 Å². The van der Waals surface area contributed by atoms with Crippen LogP contribution in [0.5, 0.6) is 0 Å². The largest absolute Gasteiger partial charge is 0.393 e. The van der Waals surface area contributed by atoms with Crippen molar-refractivity contribution in [2.45, 2.75) is 83.8 Å². The smallest absolute Gasteiger partial charge is 0.0617 e. The number of nitrogens with zero attached hydrogens (tertiary/aromatic N) is 1. The lowest BCUT2D eigenvalue weighted by molar-refractivity contribution is -0.188. The molecule has 3 unspecified atom stereocenters. The van der Waals surface area contributed by atoms with Crippen molar-refractivity contribution in [3.05, 3.63) is 0 Å². The highest BCUT2D eigenvalue weighted by atomic mass is 16.5. The van der Waals surface area contributed by atoms with E-state index in [0.717, 1.165) is 37.8 Å². The summed E-state index contributed by atoms with van der Waals surface area (Å²) in [5.41, 5.74) is 0.899. The monoisotopic (exact) mass is 363 g/mol. The molecule has 4 aliphatic carbocycles. The third-order valence-corrected chi connectivity index (χ3v) is 9.19. The first-order valence-electron chi connectivity index (χ1n) is 11.3. The lowest BCUT2D eigenvalue weighted by Gasteiger charge is -2.62. The zero-order valence-corrected chi connectivity index (χ0v) is 17.5. The van der Waals surface area contributed by atoms with Gasteiger partial charge in [-0.2, -0.15) is 0 Å². The van der Waals surface area contributed by atoms with Crippen molar-refractivity contribution >= 4 is 0 Å². The molecule has 0 spiro atoms. The molecule has 4 fully saturated rings. The number of likely N-dealkylation sites (N-methyl/N-ethyl adjacent to an activating group) is 1. The molecule has 0 aromatic heterocycles. The number of hydrogen-bond acceptors (Lipinski definition) is 3. The first kappa shape index (κ1) is 19.2. The normalized spacial score (nSPS) is 51.0. The quantitative estimate of drug-likeness (QED) is 0.806. The molecule has 4 aliphatic rings. The molecule has 0 heterocycles. The lowest BCUT2D eigenvalue weighted by Crippen LogP contribution is -2.59. The number of aliphatic hydroxyl groups excluding tert-OH is 1. The molecule has 0 radical (unpaired) electrons. The highest BCUT2D eigenvalue weighted by Crippen LogP contribution is 2.66. The van der Waals surface area contributed by atoms with Gasteiger partial charge in [0.25, 0.3) is 0 Å². The van der Waals surface area contributed by atoms with Gasteiger partial charge in [0, 0.05) is 6.54 Å². The summed E-state index contributed by atoms with van der Waals surface area (Å²) >= 11 is 0. The Hall–Kier alpha value is -0.120. The molecule has 0 bridgehead atoms. The summed E-state index contributed by atoms with van der Waals surface area (Å²) in [7, 11) is 4.28. The summed E-state index contributed by atoms with van der Waals surface area (Å²) in [6, 6.07) is 0. The van der Waals surface area contributed by atoms with Crippen molar-refractivity contribution in [3.63, 3.8) is 0 Å². The average molecular weight is 364 g/mol. The maximum absolute atomic E-state index is 10.3. The maximum atomic E-state index is 10.3. The van der Waals surface area contributed by atoms with Crippen molar-refractivity contribution in [1.82, 2.24) is 4.90 Å². The first-order chi connectivity index (χ1) is 12.3. The first-order valence-corrected chi connectivity index (χ1v) is 11.3. The fourth-order valence-electron chi connectivity index (χ4n) is 7.88. The van der Waals surface area contributed by atoms with E-state index in [1.807, 2.05) is 0 Å². The van der Waals surface area contributed by atoms with Crippen molar-refractivity contribution < 1.29 is 9.84 Å². The van der Waals surface area contributed by atoms with Crippen LogP contribution < -0.4 is 0 Å². The van der Waals surface area contributed by atoms with E-state index in [2.05, 4.69) is 32.8 Å². The van der Waals surface area contributed by atoms with Crippen LogP contribution in [-0.4, -0.2) is 49.5 Å². The van der Waals surface area contributed by atoms with E-state index in [4.69, 9.17) is 4.74 Å². The summed E-state index contributed by atoms with van der Waals surface area (Å²) in [6.45, 7) is 7.03. The van der Waals surface area contributed by atoms with Gasteiger partial charge in [-0.05, 0) is 100.0 Å². The molecule has 0 aromatic rings. The SMILES string of the molecule is CN(C)CCOC1C[C@]2(C)CCC[C@H]2[C@@H]2CCC3CC(O)CC[C@]3(C)[C@H]12. The van der Waals surface area contributed by atoms with E-state index < -0.39 is 0 Å². The zero-order chi connectivity index (χ0) is 18.5. The van der Waals surface area contributed by atoms with Gasteiger partial charge in [-0.3, -0.25) is 0 Å². The Morgan fingerprint density at radius 3 is 2.65 bits per heavy atom. The van der Waals surface area contributed by atoms with Crippen LogP contribution in [0.2, 0.25) is 0 Å². The molecule has 0 aliphatic heterocycles. The van der Waals surface area contributed by atoms with Crippen LogP contribution in [-0.2, 0) is 4.74 Å². The minimum absolute atomic E-state index is 0.0573. The molecule has 4 saturated carbocycles. The Bertz CT molecular complexity index is 508. The topological polar surface area (TPSA) is 32.7 Å². The van der Waals surface area contributed by atoms with Gasteiger partial charge in [-0.1, -0.05) is 20.3 Å². The lowest BCUT2D eigenvalue weighted by atomic mass is 9.44. The predicted molar refractivity (Wildman–Crippen MR) is 106 cm³/mol.